The molecule has 0 saturated carbocycles. The van der Waals surface area contributed by atoms with E-state index in [9.17, 15) is 18.3 Å². The quantitative estimate of drug-likeness (QED) is 0.495. The van der Waals surface area contributed by atoms with Crippen LogP contribution in [0.1, 0.15) is 24.2 Å². The summed E-state index contributed by atoms with van der Waals surface area (Å²) in [6, 6.07) is 13.0. The number of rotatable bonds is 6. The maximum Gasteiger partial charge on any atom is 0.253 e. The van der Waals surface area contributed by atoms with Gasteiger partial charge in [-0.3, -0.25) is 9.78 Å². The molecule has 3 aromatic rings. The lowest BCUT2D eigenvalue weighted by Gasteiger charge is -2.37. The van der Waals surface area contributed by atoms with Gasteiger partial charge in [0, 0.05) is 43.5 Å². The van der Waals surface area contributed by atoms with Crippen molar-refractivity contribution in [1.82, 2.24) is 14.2 Å². The molecule has 3 heterocycles. The standard InChI is InChI=1S/C28H31N3O7S/c1-18-14-31(19(2)16-32)39(34,35)27-7-5-21(20-8-10-29-11-9-20)12-25(27)38-26(18)15-30(3)28(33)22-4-6-23-24(13-22)37-17-36-23/h4-13,18-19,26,32H,14-17H2,1-3H3/t18-,19+,26+/m0/s1. The van der Waals surface area contributed by atoms with Gasteiger partial charge in [0.25, 0.3) is 5.91 Å². The Hall–Kier alpha value is -3.67. The van der Waals surface area contributed by atoms with Crippen LogP contribution in [0.25, 0.3) is 11.1 Å². The summed E-state index contributed by atoms with van der Waals surface area (Å²) in [5.41, 5.74) is 2.07. The number of sulfonamides is 1. The number of benzene rings is 2. The van der Waals surface area contributed by atoms with Crippen LogP contribution in [0.5, 0.6) is 17.2 Å². The van der Waals surface area contributed by atoms with Crippen LogP contribution in [-0.2, 0) is 10.0 Å². The number of pyridine rings is 1. The SMILES string of the molecule is C[C@H](CO)N1C[C@H](C)[C@@H](CN(C)C(=O)c2ccc3c(c2)OCO3)Oc2cc(-c3ccncc3)ccc2S1(=O)=O. The molecule has 0 radical (unpaired) electrons. The molecule has 10 nitrogen and oxygen atoms in total. The van der Waals surface area contributed by atoms with Crippen LogP contribution in [0, 0.1) is 5.92 Å². The molecule has 2 aromatic carbocycles. The van der Waals surface area contributed by atoms with Gasteiger partial charge in [-0.15, -0.1) is 0 Å². The summed E-state index contributed by atoms with van der Waals surface area (Å²) in [5, 5.41) is 9.87. The molecule has 5 rings (SSSR count). The number of aliphatic hydroxyl groups is 1. The fourth-order valence-corrected chi connectivity index (χ4v) is 6.60. The van der Waals surface area contributed by atoms with Crippen molar-refractivity contribution in [2.75, 3.05) is 33.5 Å². The molecular weight excluding hydrogens is 522 g/mol. The minimum absolute atomic E-state index is 0.0160. The molecule has 2 aliphatic rings. The largest absolute Gasteiger partial charge is 0.487 e. The predicted octanol–water partition coefficient (Wildman–Crippen LogP) is 3.02. The first kappa shape index (κ1) is 26.9. The summed E-state index contributed by atoms with van der Waals surface area (Å²) < 4.78 is 45.9. The van der Waals surface area contributed by atoms with E-state index in [1.165, 1.54) is 10.4 Å². The Morgan fingerprint density at radius 1 is 1.08 bits per heavy atom. The Kier molecular flexibility index (Phi) is 7.48. The summed E-state index contributed by atoms with van der Waals surface area (Å²) in [7, 11) is -2.29. The van der Waals surface area contributed by atoms with E-state index in [2.05, 4.69) is 4.98 Å². The number of hydrogen-bond donors (Lipinski definition) is 1. The van der Waals surface area contributed by atoms with Crippen molar-refractivity contribution in [3.63, 3.8) is 0 Å². The van der Waals surface area contributed by atoms with E-state index in [1.807, 2.05) is 19.1 Å². The number of nitrogens with zero attached hydrogens (tertiary/aromatic N) is 3. The zero-order valence-corrected chi connectivity index (χ0v) is 22.8. The van der Waals surface area contributed by atoms with Crippen LogP contribution in [-0.4, -0.2) is 79.3 Å². The molecule has 0 aliphatic carbocycles. The van der Waals surface area contributed by atoms with Crippen LogP contribution in [0.2, 0.25) is 0 Å². The molecule has 0 bridgehead atoms. The smallest absolute Gasteiger partial charge is 0.253 e. The minimum atomic E-state index is -3.97. The van der Waals surface area contributed by atoms with E-state index < -0.39 is 22.2 Å². The van der Waals surface area contributed by atoms with Crippen molar-refractivity contribution < 1.29 is 32.5 Å². The Labute approximate surface area is 227 Å². The van der Waals surface area contributed by atoms with Crippen LogP contribution < -0.4 is 14.2 Å². The van der Waals surface area contributed by atoms with E-state index >= 15 is 0 Å². The van der Waals surface area contributed by atoms with Crippen molar-refractivity contribution in [3.8, 4) is 28.4 Å². The highest BCUT2D eigenvalue weighted by molar-refractivity contribution is 7.89. The topological polar surface area (TPSA) is 118 Å². The van der Waals surface area contributed by atoms with E-state index in [0.29, 0.717) is 17.1 Å². The Balaban J connectivity index is 1.49. The molecule has 39 heavy (non-hydrogen) atoms. The molecule has 0 unspecified atom stereocenters. The number of carbonyl (C=O) groups excluding carboxylic acids is 1. The number of aliphatic hydroxyl groups excluding tert-OH is 1. The van der Waals surface area contributed by atoms with E-state index in [4.69, 9.17) is 14.2 Å². The number of ether oxygens (including phenoxy) is 3. The zero-order valence-electron chi connectivity index (χ0n) is 22.0. The highest BCUT2D eigenvalue weighted by Crippen LogP contribution is 2.37. The van der Waals surface area contributed by atoms with Gasteiger partial charge in [0.2, 0.25) is 16.8 Å². The van der Waals surface area contributed by atoms with Crippen molar-refractivity contribution in [2.45, 2.75) is 30.9 Å². The third-order valence-electron chi connectivity index (χ3n) is 7.10. The van der Waals surface area contributed by atoms with Gasteiger partial charge in [0.1, 0.15) is 16.7 Å². The van der Waals surface area contributed by atoms with Crippen LogP contribution in [0.3, 0.4) is 0 Å². The molecule has 1 aromatic heterocycles. The molecule has 0 saturated heterocycles. The van der Waals surface area contributed by atoms with Crippen LogP contribution in [0.4, 0.5) is 0 Å². The van der Waals surface area contributed by atoms with Crippen molar-refractivity contribution in [1.29, 1.82) is 0 Å². The van der Waals surface area contributed by atoms with Gasteiger partial charge >= 0.3 is 0 Å². The highest BCUT2D eigenvalue weighted by Gasteiger charge is 2.38. The minimum Gasteiger partial charge on any atom is -0.487 e. The first-order valence-electron chi connectivity index (χ1n) is 12.7. The second kappa shape index (κ2) is 10.8. The first-order valence-corrected chi connectivity index (χ1v) is 14.1. The summed E-state index contributed by atoms with van der Waals surface area (Å²) in [6.45, 7) is 3.66. The van der Waals surface area contributed by atoms with E-state index in [-0.39, 0.29) is 49.0 Å². The van der Waals surface area contributed by atoms with Gasteiger partial charge in [0.05, 0.1) is 13.2 Å². The van der Waals surface area contributed by atoms with Crippen LogP contribution in [0.15, 0.2) is 65.8 Å². The second-order valence-corrected chi connectivity index (χ2v) is 11.8. The van der Waals surface area contributed by atoms with Crippen molar-refractivity contribution >= 4 is 15.9 Å². The average molecular weight is 554 g/mol. The van der Waals surface area contributed by atoms with Gasteiger partial charge in [-0.2, -0.15) is 4.31 Å². The molecule has 11 heteroatoms. The third-order valence-corrected chi connectivity index (χ3v) is 9.12. The third kappa shape index (κ3) is 5.29. The molecular formula is C28H31N3O7S. The normalized spacial score (nSPS) is 20.7. The lowest BCUT2D eigenvalue weighted by molar-refractivity contribution is 0.0563. The number of carbonyl (C=O) groups is 1. The number of hydrogen-bond acceptors (Lipinski definition) is 8. The molecule has 0 fully saturated rings. The van der Waals surface area contributed by atoms with Gasteiger partial charge in [0.15, 0.2) is 11.5 Å². The molecule has 0 spiro atoms. The molecule has 3 atom stereocenters. The van der Waals surface area contributed by atoms with Crippen LogP contribution >= 0.6 is 0 Å². The highest BCUT2D eigenvalue weighted by atomic mass is 32.2. The Morgan fingerprint density at radius 2 is 1.82 bits per heavy atom. The Bertz CT molecular complexity index is 1470. The lowest BCUT2D eigenvalue weighted by atomic mass is 10.0. The number of aromatic nitrogens is 1. The first-order chi connectivity index (χ1) is 18.7. The van der Waals surface area contributed by atoms with E-state index in [1.54, 1.807) is 61.6 Å². The average Bonchev–Trinajstić information content (AvgIpc) is 3.42. The molecule has 1 N–H and O–H groups in total. The predicted molar refractivity (Wildman–Crippen MR) is 143 cm³/mol. The monoisotopic (exact) mass is 553 g/mol. The van der Waals surface area contributed by atoms with Gasteiger partial charge in [-0.1, -0.05) is 13.0 Å². The number of likely N-dealkylation sites (N-methyl/N-ethyl adjacent to an activating group) is 1. The summed E-state index contributed by atoms with van der Waals surface area (Å²) >= 11 is 0. The fraction of sp³-hybridized carbons (Fsp3) is 0.357. The molecule has 2 aliphatic heterocycles. The van der Waals surface area contributed by atoms with E-state index in [0.717, 1.165) is 11.1 Å². The second-order valence-electron chi connectivity index (χ2n) is 9.89. The number of amides is 1. The zero-order chi connectivity index (χ0) is 27.7. The maximum absolute atomic E-state index is 13.7. The van der Waals surface area contributed by atoms with Gasteiger partial charge in [-0.05, 0) is 60.5 Å². The van der Waals surface area contributed by atoms with Gasteiger partial charge in [-0.25, -0.2) is 8.42 Å². The number of fused-ring (bicyclic) bond motifs is 2. The maximum atomic E-state index is 13.7. The van der Waals surface area contributed by atoms with Crippen molar-refractivity contribution in [3.05, 3.63) is 66.5 Å². The Morgan fingerprint density at radius 3 is 2.56 bits per heavy atom. The summed E-state index contributed by atoms with van der Waals surface area (Å²) in [6.07, 6.45) is 2.79. The van der Waals surface area contributed by atoms with Gasteiger partial charge < -0.3 is 24.2 Å². The molecule has 1 amide bonds. The van der Waals surface area contributed by atoms with Crippen molar-refractivity contribution in [2.24, 2.45) is 5.92 Å². The lowest BCUT2D eigenvalue weighted by Crippen LogP contribution is -2.50. The summed E-state index contributed by atoms with van der Waals surface area (Å²) in [5.74, 6) is 0.761. The molecule has 206 valence electrons. The fourth-order valence-electron chi connectivity index (χ4n) is 4.77. The summed E-state index contributed by atoms with van der Waals surface area (Å²) in [4.78, 5) is 18.9.